The molecule has 19 heavy (non-hydrogen) atoms. The van der Waals surface area contributed by atoms with Crippen molar-refractivity contribution in [3.63, 3.8) is 0 Å². The van der Waals surface area contributed by atoms with E-state index < -0.39 is 0 Å². The predicted molar refractivity (Wildman–Crippen MR) is 83.6 cm³/mol. The van der Waals surface area contributed by atoms with Crippen molar-refractivity contribution in [2.45, 2.75) is 25.8 Å². The standard InChI is InChI=1S/C13H17BrN2O2S/c1-3-9(7-12(15)19)16-13(17)8-4-5-11(18-2)10(14)6-8/h4-6,9H,3,7H2,1-2H3,(H2,15,19)(H,16,17). The van der Waals surface area contributed by atoms with Crippen LogP contribution in [0.4, 0.5) is 0 Å². The number of carbonyl (C=O) groups excluding carboxylic acids is 1. The highest BCUT2D eigenvalue weighted by atomic mass is 79.9. The molecule has 0 aromatic heterocycles. The van der Waals surface area contributed by atoms with Crippen LogP contribution >= 0.6 is 28.1 Å². The number of rotatable bonds is 6. The van der Waals surface area contributed by atoms with Crippen molar-refractivity contribution >= 4 is 39.0 Å². The Hall–Kier alpha value is -1.14. The number of carbonyl (C=O) groups is 1. The summed E-state index contributed by atoms with van der Waals surface area (Å²) in [5.41, 5.74) is 6.07. The number of ether oxygens (including phenoxy) is 1. The van der Waals surface area contributed by atoms with Gasteiger partial charge in [0.25, 0.3) is 5.91 Å². The number of nitrogens with two attached hydrogens (primary N) is 1. The molecule has 1 rings (SSSR count). The number of methoxy groups -OCH3 is 1. The molecular formula is C13H17BrN2O2S. The monoisotopic (exact) mass is 344 g/mol. The summed E-state index contributed by atoms with van der Waals surface area (Å²) in [5.74, 6) is 0.540. The Kier molecular flexibility index (Phi) is 6.24. The largest absolute Gasteiger partial charge is 0.496 e. The van der Waals surface area contributed by atoms with E-state index in [1.807, 2.05) is 6.92 Å². The third-order valence-electron chi connectivity index (χ3n) is 2.69. The topological polar surface area (TPSA) is 64.3 Å². The molecule has 1 amide bonds. The zero-order chi connectivity index (χ0) is 14.4. The summed E-state index contributed by atoms with van der Waals surface area (Å²) in [5, 5.41) is 2.91. The van der Waals surface area contributed by atoms with Gasteiger partial charge in [-0.05, 0) is 40.5 Å². The Morgan fingerprint density at radius 3 is 2.74 bits per heavy atom. The summed E-state index contributed by atoms with van der Waals surface area (Å²) in [7, 11) is 1.58. The van der Waals surface area contributed by atoms with Crippen LogP contribution in [0.3, 0.4) is 0 Å². The highest BCUT2D eigenvalue weighted by molar-refractivity contribution is 9.10. The molecule has 1 aromatic rings. The van der Waals surface area contributed by atoms with Gasteiger partial charge in [0, 0.05) is 18.0 Å². The Morgan fingerprint density at radius 2 is 2.26 bits per heavy atom. The average Bonchev–Trinajstić information content (AvgIpc) is 2.37. The lowest BCUT2D eigenvalue weighted by atomic mass is 10.1. The van der Waals surface area contributed by atoms with Gasteiger partial charge in [-0.15, -0.1) is 0 Å². The molecule has 0 saturated carbocycles. The van der Waals surface area contributed by atoms with Crippen LogP contribution in [0, 0.1) is 0 Å². The first-order valence-electron chi connectivity index (χ1n) is 5.90. The molecule has 104 valence electrons. The molecule has 0 spiro atoms. The maximum absolute atomic E-state index is 12.1. The van der Waals surface area contributed by atoms with Gasteiger partial charge in [0.05, 0.1) is 16.6 Å². The van der Waals surface area contributed by atoms with Crippen molar-refractivity contribution in [1.29, 1.82) is 0 Å². The van der Waals surface area contributed by atoms with Gasteiger partial charge in [0.15, 0.2) is 0 Å². The summed E-state index contributed by atoms with van der Waals surface area (Å²) in [6.07, 6.45) is 1.29. The van der Waals surface area contributed by atoms with Crippen molar-refractivity contribution in [3.8, 4) is 5.75 Å². The fraction of sp³-hybridized carbons (Fsp3) is 0.385. The molecule has 0 radical (unpaired) electrons. The first-order chi connectivity index (χ1) is 8.97. The van der Waals surface area contributed by atoms with Crippen LogP contribution in [0.5, 0.6) is 5.75 Å². The Bertz CT molecular complexity index is 480. The molecule has 0 saturated heterocycles. The summed E-state index contributed by atoms with van der Waals surface area (Å²) in [4.78, 5) is 12.5. The number of nitrogens with one attached hydrogen (secondary N) is 1. The van der Waals surface area contributed by atoms with Crippen LogP contribution in [-0.4, -0.2) is 24.0 Å². The molecule has 0 aliphatic carbocycles. The normalized spacial score (nSPS) is 11.7. The molecule has 4 nitrogen and oxygen atoms in total. The van der Waals surface area contributed by atoms with E-state index in [-0.39, 0.29) is 11.9 Å². The van der Waals surface area contributed by atoms with Crippen LogP contribution < -0.4 is 15.8 Å². The van der Waals surface area contributed by atoms with E-state index >= 15 is 0 Å². The highest BCUT2D eigenvalue weighted by Crippen LogP contribution is 2.25. The van der Waals surface area contributed by atoms with E-state index in [1.54, 1.807) is 25.3 Å². The van der Waals surface area contributed by atoms with Crippen LogP contribution in [0.15, 0.2) is 22.7 Å². The number of halogens is 1. The van der Waals surface area contributed by atoms with Crippen LogP contribution in [0.2, 0.25) is 0 Å². The van der Waals surface area contributed by atoms with E-state index in [1.165, 1.54) is 0 Å². The molecule has 0 fully saturated rings. The molecule has 1 atom stereocenters. The average molecular weight is 345 g/mol. The Balaban J connectivity index is 2.77. The zero-order valence-electron chi connectivity index (χ0n) is 10.9. The fourth-order valence-corrected chi connectivity index (χ4v) is 2.36. The second-order valence-electron chi connectivity index (χ2n) is 4.10. The maximum Gasteiger partial charge on any atom is 0.251 e. The highest BCUT2D eigenvalue weighted by Gasteiger charge is 2.14. The smallest absolute Gasteiger partial charge is 0.251 e. The molecule has 1 unspecified atom stereocenters. The number of hydrogen-bond donors (Lipinski definition) is 2. The van der Waals surface area contributed by atoms with Gasteiger partial charge >= 0.3 is 0 Å². The lowest BCUT2D eigenvalue weighted by Gasteiger charge is -2.16. The van der Waals surface area contributed by atoms with E-state index in [0.717, 1.165) is 10.9 Å². The van der Waals surface area contributed by atoms with Gasteiger partial charge in [0.1, 0.15) is 5.75 Å². The van der Waals surface area contributed by atoms with Crippen molar-refractivity contribution in [2.24, 2.45) is 5.73 Å². The minimum Gasteiger partial charge on any atom is -0.496 e. The predicted octanol–water partition coefficient (Wildman–Crippen LogP) is 2.64. The van der Waals surface area contributed by atoms with Gasteiger partial charge in [-0.25, -0.2) is 0 Å². The van der Waals surface area contributed by atoms with Gasteiger partial charge in [-0.3, -0.25) is 4.79 Å². The van der Waals surface area contributed by atoms with E-state index in [0.29, 0.717) is 22.7 Å². The summed E-state index contributed by atoms with van der Waals surface area (Å²) < 4.78 is 5.86. The minimum atomic E-state index is -0.147. The lowest BCUT2D eigenvalue weighted by Crippen LogP contribution is -2.37. The van der Waals surface area contributed by atoms with E-state index in [2.05, 4.69) is 21.2 Å². The zero-order valence-corrected chi connectivity index (χ0v) is 13.3. The second-order valence-corrected chi connectivity index (χ2v) is 5.48. The quantitative estimate of drug-likeness (QED) is 0.778. The molecule has 1 aromatic carbocycles. The molecular weight excluding hydrogens is 328 g/mol. The number of hydrogen-bond acceptors (Lipinski definition) is 3. The van der Waals surface area contributed by atoms with Gasteiger partial charge in [0.2, 0.25) is 0 Å². The van der Waals surface area contributed by atoms with Crippen molar-refractivity contribution in [2.75, 3.05) is 7.11 Å². The lowest BCUT2D eigenvalue weighted by molar-refractivity contribution is 0.0937. The third kappa shape index (κ3) is 4.80. The van der Waals surface area contributed by atoms with Gasteiger partial charge in [-0.1, -0.05) is 19.1 Å². The van der Waals surface area contributed by atoms with Crippen LogP contribution in [0.25, 0.3) is 0 Å². The molecule has 3 N–H and O–H groups in total. The van der Waals surface area contributed by atoms with Gasteiger partial charge in [-0.2, -0.15) is 0 Å². The Morgan fingerprint density at radius 1 is 1.58 bits per heavy atom. The second kappa shape index (κ2) is 7.45. The Labute approximate surface area is 126 Å². The van der Waals surface area contributed by atoms with Gasteiger partial charge < -0.3 is 15.8 Å². The minimum absolute atomic E-state index is 0.0362. The number of thiocarbonyl (C=S) groups is 1. The van der Waals surface area contributed by atoms with E-state index in [4.69, 9.17) is 22.7 Å². The maximum atomic E-state index is 12.1. The first kappa shape index (κ1) is 15.9. The van der Waals surface area contributed by atoms with Crippen molar-refractivity contribution in [1.82, 2.24) is 5.32 Å². The third-order valence-corrected chi connectivity index (χ3v) is 3.48. The molecule has 0 aliphatic rings. The fourth-order valence-electron chi connectivity index (χ4n) is 1.62. The number of amides is 1. The molecule has 0 heterocycles. The molecule has 6 heteroatoms. The molecule has 0 bridgehead atoms. The SMILES string of the molecule is CCC(CC(N)=S)NC(=O)c1ccc(OC)c(Br)c1. The summed E-state index contributed by atoms with van der Waals surface area (Å²) >= 11 is 8.22. The first-order valence-corrected chi connectivity index (χ1v) is 7.10. The van der Waals surface area contributed by atoms with E-state index in [9.17, 15) is 4.79 Å². The summed E-state index contributed by atoms with van der Waals surface area (Å²) in [6.45, 7) is 1.98. The van der Waals surface area contributed by atoms with Crippen LogP contribution in [0.1, 0.15) is 30.1 Å². The van der Waals surface area contributed by atoms with Crippen LogP contribution in [-0.2, 0) is 0 Å². The van der Waals surface area contributed by atoms with Crippen molar-refractivity contribution < 1.29 is 9.53 Å². The van der Waals surface area contributed by atoms with Crippen molar-refractivity contribution in [3.05, 3.63) is 28.2 Å². The molecule has 0 aliphatic heterocycles. The summed E-state index contributed by atoms with van der Waals surface area (Å²) in [6, 6.07) is 5.15. The number of benzene rings is 1.